The average Bonchev–Trinajstić information content (AvgIpc) is 4.03. The van der Waals surface area contributed by atoms with E-state index in [1.165, 1.54) is 25.1 Å². The molecule has 2 aliphatic heterocycles. The number of rotatable bonds is 21. The number of aromatic nitrogens is 4. The number of aryl methyl sites for hydroxylation is 2. The number of esters is 1. The van der Waals surface area contributed by atoms with Gasteiger partial charge in [-0.2, -0.15) is 0 Å². The van der Waals surface area contributed by atoms with Crippen molar-refractivity contribution in [2.45, 2.75) is 171 Å². The highest BCUT2D eigenvalue weighted by molar-refractivity contribution is 5.89. The topological polar surface area (TPSA) is 330 Å². The van der Waals surface area contributed by atoms with E-state index in [2.05, 4.69) is 20.6 Å². The quantitative estimate of drug-likeness (QED) is 0.0338. The van der Waals surface area contributed by atoms with Gasteiger partial charge in [0.2, 0.25) is 5.91 Å². The summed E-state index contributed by atoms with van der Waals surface area (Å²) in [5.41, 5.74) is 2.51. The molecule has 4 aliphatic rings. The molecule has 1 amide bonds. The Balaban J connectivity index is 0.984. The van der Waals surface area contributed by atoms with E-state index in [9.17, 15) is 55.1 Å². The summed E-state index contributed by atoms with van der Waals surface area (Å²) < 4.78 is 39.1. The number of hydrogen-bond donors (Lipinski definition) is 8. The summed E-state index contributed by atoms with van der Waals surface area (Å²) in [5.74, 6) is -3.76. The van der Waals surface area contributed by atoms with Crippen LogP contribution >= 0.6 is 0 Å². The summed E-state index contributed by atoms with van der Waals surface area (Å²) in [6.45, 7) is 3.22. The highest BCUT2D eigenvalue weighted by atomic mass is 16.7. The highest BCUT2D eigenvalue weighted by Crippen LogP contribution is 2.39. The maximum Gasteiger partial charge on any atom is 0.338 e. The van der Waals surface area contributed by atoms with Gasteiger partial charge in [0.1, 0.15) is 36.6 Å². The maximum atomic E-state index is 14.1. The zero-order valence-electron chi connectivity index (χ0n) is 41.4. The van der Waals surface area contributed by atoms with E-state index in [-0.39, 0.29) is 48.9 Å². The standard InChI is InChI=1S/C51H68N6O17/c1-27-20-32(47(63)52-18-17-33-25-56(55-54-33)19-9-14-31-24-53-36-16-15-34(57(67)68)23-35(31)36)22-37(44(27)74-50-43(62)42(61)40(59)28(2)69-50)71-51-46(73-49(66)30-12-7-4-8-13-30)45(41(60)39(26-58)72-51)70-38(48(64)65)21-29-10-5-3-6-11-29/h4,7-8,12-13,15-16,23-25,27-29,32,37-46,50-51,53,58-62H,3,5-6,9-11,14,17-22,26H2,1-2H3,(H,52,63)(H,64,65)/t27-,28?,32?,37-,38+,39+,40-,41+,42?,43+,44?,45?,46?,50+,51-/m1/s1. The number of aliphatic hydroxyl groups is 5. The van der Waals surface area contributed by atoms with Gasteiger partial charge in [0, 0.05) is 60.9 Å². The van der Waals surface area contributed by atoms with E-state index in [4.69, 9.17) is 28.4 Å². The number of nitro groups is 1. The molecule has 0 bridgehead atoms. The molecule has 4 fully saturated rings. The van der Waals surface area contributed by atoms with Crippen LogP contribution in [0.25, 0.3) is 10.9 Å². The summed E-state index contributed by atoms with van der Waals surface area (Å²) in [7, 11) is 0. The molecule has 2 aliphatic carbocycles. The molecule has 8 N–H and O–H groups in total. The molecule has 2 aromatic heterocycles. The molecule has 2 aromatic carbocycles. The van der Waals surface area contributed by atoms with Gasteiger partial charge >= 0.3 is 11.9 Å². The number of carboxylic acid groups (broad SMARTS) is 1. The van der Waals surface area contributed by atoms with Gasteiger partial charge in [-0.05, 0) is 74.6 Å². The number of hydrogen-bond acceptors (Lipinski definition) is 18. The second kappa shape index (κ2) is 24.9. The van der Waals surface area contributed by atoms with Crippen LogP contribution in [-0.2, 0) is 57.4 Å². The minimum Gasteiger partial charge on any atom is -0.479 e. The number of carbonyl (C=O) groups is 3. The Labute approximate surface area is 426 Å². The molecule has 2 saturated carbocycles. The Kier molecular flexibility index (Phi) is 18.4. The first-order valence-electron chi connectivity index (χ1n) is 25.6. The molecule has 2 saturated heterocycles. The molecule has 23 nitrogen and oxygen atoms in total. The Morgan fingerprint density at radius 3 is 2.42 bits per heavy atom. The molecule has 4 heterocycles. The monoisotopic (exact) mass is 1040 g/mol. The number of nitro benzene ring substituents is 1. The molecule has 6 unspecified atom stereocenters. The van der Waals surface area contributed by atoms with Crippen LogP contribution in [0.2, 0.25) is 0 Å². The Morgan fingerprint density at radius 1 is 0.919 bits per heavy atom. The van der Waals surface area contributed by atoms with E-state index >= 15 is 0 Å². The van der Waals surface area contributed by atoms with Crippen molar-refractivity contribution in [2.75, 3.05) is 13.2 Å². The zero-order valence-corrected chi connectivity index (χ0v) is 41.4. The van der Waals surface area contributed by atoms with Gasteiger partial charge in [0.05, 0.1) is 41.1 Å². The lowest BCUT2D eigenvalue weighted by atomic mass is 9.77. The van der Waals surface area contributed by atoms with Crippen LogP contribution in [0.3, 0.4) is 0 Å². The summed E-state index contributed by atoms with van der Waals surface area (Å²) in [6.07, 6.45) is -8.83. The Hall–Kier alpha value is -5.47. The number of benzene rings is 2. The number of non-ortho nitro benzene ring substituents is 1. The summed E-state index contributed by atoms with van der Waals surface area (Å²) >= 11 is 0. The largest absolute Gasteiger partial charge is 0.479 e. The number of nitrogens with one attached hydrogen (secondary N) is 2. The number of H-pyrrole nitrogens is 1. The SMILES string of the molecule is CC1O[C@@H](OC2[C@H](C)CC(C(=O)NCCc3cn(CCCc4c[nH]c5ccc([N+](=O)[O-])cc45)nn3)C[C@H]2O[C@@H]2O[C@@H](CO)[C@H](O)C(O[C@@H](CC3CCCCC3)C(=O)O)C2OC(=O)c2ccccc2)[C@@H](O)C(O)[C@@H]1O. The lowest BCUT2D eigenvalue weighted by Crippen LogP contribution is -2.64. The second-order valence-corrected chi connectivity index (χ2v) is 20.1. The minimum atomic E-state index is -1.71. The van der Waals surface area contributed by atoms with Crippen molar-refractivity contribution in [3.63, 3.8) is 0 Å². The highest BCUT2D eigenvalue weighted by Gasteiger charge is 2.54. The van der Waals surface area contributed by atoms with Gasteiger partial charge < -0.3 is 69.4 Å². The molecule has 4 aromatic rings. The molecular formula is C51H68N6O17. The molecule has 74 heavy (non-hydrogen) atoms. The summed E-state index contributed by atoms with van der Waals surface area (Å²) in [4.78, 5) is 54.9. The number of aliphatic hydroxyl groups excluding tert-OH is 5. The van der Waals surface area contributed by atoms with Crippen LogP contribution < -0.4 is 5.32 Å². The third kappa shape index (κ3) is 13.1. The smallest absolute Gasteiger partial charge is 0.338 e. The van der Waals surface area contributed by atoms with Crippen molar-refractivity contribution in [3.05, 3.63) is 87.9 Å². The maximum absolute atomic E-state index is 14.1. The van der Waals surface area contributed by atoms with Gasteiger partial charge in [-0.3, -0.25) is 19.6 Å². The third-order valence-electron chi connectivity index (χ3n) is 14.9. The van der Waals surface area contributed by atoms with Gasteiger partial charge in [-0.1, -0.05) is 62.4 Å². The first kappa shape index (κ1) is 54.8. The van der Waals surface area contributed by atoms with E-state index in [1.54, 1.807) is 48.1 Å². The normalized spacial score (nSPS) is 31.2. The van der Waals surface area contributed by atoms with Crippen LogP contribution in [-0.4, -0.2) is 166 Å². The number of carboxylic acids is 1. The predicted molar refractivity (Wildman–Crippen MR) is 259 cm³/mol. The molecular weight excluding hydrogens is 969 g/mol. The second-order valence-electron chi connectivity index (χ2n) is 20.1. The Morgan fingerprint density at radius 2 is 1.69 bits per heavy atom. The number of amides is 1. The van der Waals surface area contributed by atoms with E-state index in [1.807, 2.05) is 6.20 Å². The lowest BCUT2D eigenvalue weighted by Gasteiger charge is -2.48. The summed E-state index contributed by atoms with van der Waals surface area (Å²) in [6, 6.07) is 12.6. The fourth-order valence-electron chi connectivity index (χ4n) is 10.7. The fourth-order valence-corrected chi connectivity index (χ4v) is 10.7. The lowest BCUT2D eigenvalue weighted by molar-refractivity contribution is -0.384. The fraction of sp³-hybridized carbons (Fsp3) is 0.627. The van der Waals surface area contributed by atoms with Crippen molar-refractivity contribution >= 4 is 34.4 Å². The molecule has 15 atom stereocenters. The predicted octanol–water partition coefficient (Wildman–Crippen LogP) is 2.72. The van der Waals surface area contributed by atoms with Crippen LogP contribution in [0.4, 0.5) is 5.69 Å². The summed E-state index contributed by atoms with van der Waals surface area (Å²) in [5, 5.41) is 88.6. The molecule has 23 heteroatoms. The third-order valence-corrected chi connectivity index (χ3v) is 14.9. The van der Waals surface area contributed by atoms with Crippen molar-refractivity contribution in [2.24, 2.45) is 17.8 Å². The van der Waals surface area contributed by atoms with Crippen LogP contribution in [0.1, 0.15) is 93.3 Å². The van der Waals surface area contributed by atoms with Crippen LogP contribution in [0.15, 0.2) is 60.9 Å². The van der Waals surface area contributed by atoms with E-state index < -0.39 is 115 Å². The zero-order chi connectivity index (χ0) is 52.6. The van der Waals surface area contributed by atoms with Gasteiger partial charge in [0.25, 0.3) is 5.69 Å². The van der Waals surface area contributed by atoms with E-state index in [0.29, 0.717) is 31.5 Å². The van der Waals surface area contributed by atoms with Crippen LogP contribution in [0, 0.1) is 27.9 Å². The van der Waals surface area contributed by atoms with Crippen molar-refractivity contribution in [1.82, 2.24) is 25.3 Å². The van der Waals surface area contributed by atoms with E-state index in [0.717, 1.165) is 48.6 Å². The van der Waals surface area contributed by atoms with Gasteiger partial charge in [0.15, 0.2) is 24.8 Å². The molecule has 8 rings (SSSR count). The first-order chi connectivity index (χ1) is 35.6. The average molecular weight is 1040 g/mol. The van der Waals surface area contributed by atoms with Gasteiger partial charge in [-0.25, -0.2) is 9.59 Å². The molecule has 0 spiro atoms. The molecule has 0 radical (unpaired) electrons. The number of aromatic amines is 1. The molecule has 404 valence electrons. The number of carbonyl (C=O) groups excluding carboxylic acids is 2. The van der Waals surface area contributed by atoms with Crippen molar-refractivity contribution in [3.8, 4) is 0 Å². The van der Waals surface area contributed by atoms with Crippen LogP contribution in [0.5, 0.6) is 0 Å². The van der Waals surface area contributed by atoms with Crippen molar-refractivity contribution in [1.29, 1.82) is 0 Å². The first-order valence-corrected chi connectivity index (χ1v) is 25.6. The number of fused-ring (bicyclic) bond motifs is 1. The number of aliphatic carboxylic acids is 1. The minimum absolute atomic E-state index is 0.0155. The van der Waals surface area contributed by atoms with Gasteiger partial charge in [-0.15, -0.1) is 5.10 Å². The number of ether oxygens (including phenoxy) is 6. The number of nitrogens with zero attached hydrogens (tertiary/aromatic N) is 4. The van der Waals surface area contributed by atoms with Crippen molar-refractivity contribution < 1.29 is 78.4 Å². The Bertz CT molecular complexity index is 2510.